The SMILES string of the molecule is CNc1ccc(C(=O)N(C)C(C)CO)cc1C. The van der Waals surface area contributed by atoms with Crippen molar-refractivity contribution in [2.45, 2.75) is 19.9 Å². The molecule has 1 atom stereocenters. The molecule has 0 aliphatic heterocycles. The lowest BCUT2D eigenvalue weighted by atomic mass is 10.1. The molecule has 0 radical (unpaired) electrons. The van der Waals surface area contributed by atoms with Crippen molar-refractivity contribution in [1.29, 1.82) is 0 Å². The van der Waals surface area contributed by atoms with Crippen LogP contribution in [0, 0.1) is 6.92 Å². The van der Waals surface area contributed by atoms with Gasteiger partial charge < -0.3 is 15.3 Å². The van der Waals surface area contributed by atoms with Gasteiger partial charge in [0.1, 0.15) is 0 Å². The number of aliphatic hydroxyl groups is 1. The van der Waals surface area contributed by atoms with Gasteiger partial charge in [-0.25, -0.2) is 0 Å². The maximum absolute atomic E-state index is 12.1. The molecule has 2 N–H and O–H groups in total. The van der Waals surface area contributed by atoms with E-state index in [0.717, 1.165) is 11.3 Å². The van der Waals surface area contributed by atoms with Crippen LogP contribution < -0.4 is 5.32 Å². The third kappa shape index (κ3) is 2.97. The zero-order valence-corrected chi connectivity index (χ0v) is 10.8. The highest BCUT2D eigenvalue weighted by atomic mass is 16.3. The molecule has 4 nitrogen and oxygen atoms in total. The number of likely N-dealkylation sites (N-methyl/N-ethyl adjacent to an activating group) is 1. The predicted octanol–water partition coefficient (Wildman–Crippen LogP) is 1.49. The van der Waals surface area contributed by atoms with Crippen molar-refractivity contribution in [3.8, 4) is 0 Å². The second kappa shape index (κ2) is 5.68. The number of benzene rings is 1. The molecule has 1 unspecified atom stereocenters. The third-order valence-electron chi connectivity index (χ3n) is 2.99. The highest BCUT2D eigenvalue weighted by Gasteiger charge is 2.17. The van der Waals surface area contributed by atoms with Crippen LogP contribution in [0.15, 0.2) is 18.2 Å². The zero-order valence-electron chi connectivity index (χ0n) is 10.8. The molecule has 0 heterocycles. The lowest BCUT2D eigenvalue weighted by Crippen LogP contribution is -2.37. The number of hydrogen-bond donors (Lipinski definition) is 2. The van der Waals surface area contributed by atoms with Crippen LogP contribution in [0.3, 0.4) is 0 Å². The second-order valence-corrected chi connectivity index (χ2v) is 4.23. The van der Waals surface area contributed by atoms with Crippen molar-refractivity contribution < 1.29 is 9.90 Å². The molecule has 0 bridgehead atoms. The average molecular weight is 236 g/mol. The molecule has 0 spiro atoms. The third-order valence-corrected chi connectivity index (χ3v) is 2.99. The van der Waals surface area contributed by atoms with Crippen LogP contribution in [-0.2, 0) is 0 Å². The minimum Gasteiger partial charge on any atom is -0.394 e. The molecular weight excluding hydrogens is 216 g/mol. The lowest BCUT2D eigenvalue weighted by Gasteiger charge is -2.23. The maximum Gasteiger partial charge on any atom is 0.253 e. The van der Waals surface area contributed by atoms with Gasteiger partial charge in [0.05, 0.1) is 12.6 Å². The maximum atomic E-state index is 12.1. The molecule has 0 aliphatic carbocycles. The number of aliphatic hydroxyl groups excluding tert-OH is 1. The summed E-state index contributed by atoms with van der Waals surface area (Å²) in [6.07, 6.45) is 0. The Morgan fingerprint density at radius 1 is 1.53 bits per heavy atom. The minimum atomic E-state index is -0.174. The van der Waals surface area contributed by atoms with Crippen LogP contribution in [0.25, 0.3) is 0 Å². The summed E-state index contributed by atoms with van der Waals surface area (Å²) in [5.41, 5.74) is 2.69. The fraction of sp³-hybridized carbons (Fsp3) is 0.462. The van der Waals surface area contributed by atoms with Crippen LogP contribution in [-0.4, -0.2) is 42.7 Å². The number of hydrogen-bond acceptors (Lipinski definition) is 3. The molecule has 4 heteroatoms. The van der Waals surface area contributed by atoms with E-state index in [1.54, 1.807) is 18.0 Å². The summed E-state index contributed by atoms with van der Waals surface area (Å²) in [7, 11) is 3.55. The fourth-order valence-electron chi connectivity index (χ4n) is 1.60. The van der Waals surface area contributed by atoms with Crippen molar-refractivity contribution >= 4 is 11.6 Å². The molecule has 0 saturated carbocycles. The van der Waals surface area contributed by atoms with E-state index in [-0.39, 0.29) is 18.6 Å². The molecule has 94 valence electrons. The van der Waals surface area contributed by atoms with Crippen LogP contribution in [0.1, 0.15) is 22.8 Å². The van der Waals surface area contributed by atoms with Gasteiger partial charge in [0, 0.05) is 25.3 Å². The summed E-state index contributed by atoms with van der Waals surface area (Å²) in [5, 5.41) is 12.1. The van der Waals surface area contributed by atoms with E-state index in [1.165, 1.54) is 0 Å². The Hall–Kier alpha value is -1.55. The van der Waals surface area contributed by atoms with E-state index < -0.39 is 0 Å². The summed E-state index contributed by atoms with van der Waals surface area (Å²) in [6.45, 7) is 3.74. The number of amides is 1. The number of carbonyl (C=O) groups excluding carboxylic acids is 1. The Bertz CT molecular complexity index is 404. The van der Waals surface area contributed by atoms with E-state index in [0.29, 0.717) is 5.56 Å². The van der Waals surface area contributed by atoms with Crippen molar-refractivity contribution in [3.63, 3.8) is 0 Å². The molecule has 1 aromatic rings. The lowest BCUT2D eigenvalue weighted by molar-refractivity contribution is 0.0682. The quantitative estimate of drug-likeness (QED) is 0.832. The molecule has 1 amide bonds. The first-order valence-electron chi connectivity index (χ1n) is 5.67. The highest BCUT2D eigenvalue weighted by Crippen LogP contribution is 2.17. The summed E-state index contributed by atoms with van der Waals surface area (Å²) < 4.78 is 0. The number of aryl methyl sites for hydroxylation is 1. The standard InChI is InChI=1S/C13H20N2O2/c1-9-7-11(5-6-12(9)14-3)13(17)15(4)10(2)8-16/h5-7,10,14,16H,8H2,1-4H3. The molecule has 17 heavy (non-hydrogen) atoms. The normalized spacial score (nSPS) is 12.1. The van der Waals surface area contributed by atoms with E-state index in [2.05, 4.69) is 5.32 Å². The summed E-state index contributed by atoms with van der Waals surface area (Å²) in [5.74, 6) is -0.0719. The number of rotatable bonds is 4. The first kappa shape index (κ1) is 13.5. The zero-order chi connectivity index (χ0) is 13.0. The Morgan fingerprint density at radius 2 is 2.18 bits per heavy atom. The van der Waals surface area contributed by atoms with Crippen LogP contribution in [0.4, 0.5) is 5.69 Å². The molecule has 0 saturated heterocycles. The van der Waals surface area contributed by atoms with Gasteiger partial charge in [0.2, 0.25) is 0 Å². The van der Waals surface area contributed by atoms with Crippen LogP contribution >= 0.6 is 0 Å². The first-order valence-corrected chi connectivity index (χ1v) is 5.67. The van der Waals surface area contributed by atoms with Crippen molar-refractivity contribution in [1.82, 2.24) is 4.90 Å². The van der Waals surface area contributed by atoms with Gasteiger partial charge in [-0.05, 0) is 37.6 Å². The molecular formula is C13H20N2O2. The summed E-state index contributed by atoms with van der Waals surface area (Å²) >= 11 is 0. The highest BCUT2D eigenvalue weighted by molar-refractivity contribution is 5.95. The summed E-state index contributed by atoms with van der Waals surface area (Å²) in [6, 6.07) is 5.36. The minimum absolute atomic E-state index is 0.0319. The van der Waals surface area contributed by atoms with Gasteiger partial charge >= 0.3 is 0 Å². The number of anilines is 1. The van der Waals surface area contributed by atoms with E-state index in [1.807, 2.05) is 33.0 Å². The largest absolute Gasteiger partial charge is 0.394 e. The number of nitrogens with zero attached hydrogens (tertiary/aromatic N) is 1. The number of carbonyl (C=O) groups is 1. The molecule has 1 aromatic carbocycles. The molecule has 1 rings (SSSR count). The predicted molar refractivity (Wildman–Crippen MR) is 69.4 cm³/mol. The first-order chi connectivity index (χ1) is 8.01. The topological polar surface area (TPSA) is 52.6 Å². The molecule has 0 aromatic heterocycles. The van der Waals surface area contributed by atoms with Gasteiger partial charge in [-0.3, -0.25) is 4.79 Å². The van der Waals surface area contributed by atoms with E-state index in [9.17, 15) is 4.79 Å². The van der Waals surface area contributed by atoms with Crippen LogP contribution in [0.2, 0.25) is 0 Å². The second-order valence-electron chi connectivity index (χ2n) is 4.23. The van der Waals surface area contributed by atoms with E-state index in [4.69, 9.17) is 5.11 Å². The smallest absolute Gasteiger partial charge is 0.253 e. The Balaban J connectivity index is 2.93. The Labute approximate surface area is 102 Å². The van der Waals surface area contributed by atoms with Crippen molar-refractivity contribution in [3.05, 3.63) is 29.3 Å². The Morgan fingerprint density at radius 3 is 2.65 bits per heavy atom. The van der Waals surface area contributed by atoms with Gasteiger partial charge in [-0.2, -0.15) is 0 Å². The van der Waals surface area contributed by atoms with E-state index >= 15 is 0 Å². The van der Waals surface area contributed by atoms with Gasteiger partial charge in [0.25, 0.3) is 5.91 Å². The monoisotopic (exact) mass is 236 g/mol. The van der Waals surface area contributed by atoms with Gasteiger partial charge in [0.15, 0.2) is 0 Å². The molecule has 0 fully saturated rings. The van der Waals surface area contributed by atoms with Crippen molar-refractivity contribution in [2.75, 3.05) is 26.0 Å². The summed E-state index contributed by atoms with van der Waals surface area (Å²) in [4.78, 5) is 13.6. The van der Waals surface area contributed by atoms with Crippen molar-refractivity contribution in [2.24, 2.45) is 0 Å². The number of nitrogens with one attached hydrogen (secondary N) is 1. The average Bonchev–Trinajstić information content (AvgIpc) is 2.35. The van der Waals surface area contributed by atoms with Crippen LogP contribution in [0.5, 0.6) is 0 Å². The van der Waals surface area contributed by atoms with Gasteiger partial charge in [-0.15, -0.1) is 0 Å². The van der Waals surface area contributed by atoms with Gasteiger partial charge in [-0.1, -0.05) is 0 Å². The Kier molecular flexibility index (Phi) is 4.52. The molecule has 0 aliphatic rings. The fourth-order valence-corrected chi connectivity index (χ4v) is 1.60.